The molecule has 10 heteroatoms. The quantitative estimate of drug-likeness (QED) is 0.374. The summed E-state index contributed by atoms with van der Waals surface area (Å²) in [4.78, 5) is 32.3. The summed E-state index contributed by atoms with van der Waals surface area (Å²) in [6.07, 6.45) is -3.50. The molecule has 2 unspecified atom stereocenters. The molecule has 1 rings (SSSR count). The summed E-state index contributed by atoms with van der Waals surface area (Å²) in [5.74, 6) is -4.43. The SMILES string of the molecule is O=C([O-])CC1(O)C(=O)[O][Bi][O]C(=O)C1O.[NH4+]. The summed E-state index contributed by atoms with van der Waals surface area (Å²) in [5, 5.41) is 29.0. The third-order valence-corrected chi connectivity index (χ3v) is 3.61. The van der Waals surface area contributed by atoms with Crippen LogP contribution in [0.1, 0.15) is 6.42 Å². The van der Waals surface area contributed by atoms with Gasteiger partial charge in [0, 0.05) is 0 Å². The largest absolute Gasteiger partial charge is 0.369 e. The standard InChI is InChI=1S/C6H8O8.Bi.H3N/c7-2(8)1-6(14,5(12)13)3(9)4(10)11;;/h3,9,14H,1H2,(H,7,8)(H,10,11)(H,12,13);;1H3/q;+2;/p-2. The van der Waals surface area contributed by atoms with Gasteiger partial charge in [0.2, 0.25) is 0 Å². The Labute approximate surface area is 102 Å². The predicted octanol–water partition coefficient (Wildman–Crippen LogP) is -3.77. The second kappa shape index (κ2) is 5.49. The van der Waals surface area contributed by atoms with Crippen LogP contribution in [0, 0.1) is 0 Å². The summed E-state index contributed by atoms with van der Waals surface area (Å²) in [5.41, 5.74) is -2.82. The van der Waals surface area contributed by atoms with Gasteiger partial charge in [-0.2, -0.15) is 0 Å². The number of rotatable bonds is 2. The van der Waals surface area contributed by atoms with E-state index in [0.717, 1.165) is 0 Å². The number of carboxylic acids is 1. The molecule has 0 aromatic carbocycles. The molecule has 1 fully saturated rings. The maximum absolute atomic E-state index is 11.1. The molecule has 1 aliphatic rings. The third kappa shape index (κ3) is 2.85. The minimum atomic E-state index is -2.82. The number of hydrogen-bond acceptors (Lipinski definition) is 8. The molecule has 9 nitrogen and oxygen atoms in total. The number of carbonyl (C=O) groups is 3. The van der Waals surface area contributed by atoms with Crippen LogP contribution in [0.4, 0.5) is 0 Å². The monoisotopic (exact) mass is 432 g/mol. The Bertz CT molecular complexity index is 320. The fourth-order valence-corrected chi connectivity index (χ4v) is 2.61. The molecular weight excluding hydrogens is 423 g/mol. The molecule has 1 radical (unpaired) electrons. The summed E-state index contributed by atoms with van der Waals surface area (Å²) in [6, 6.07) is 0. The Morgan fingerprint density at radius 1 is 1.50 bits per heavy atom. The summed E-state index contributed by atoms with van der Waals surface area (Å²) >= 11 is -2.35. The van der Waals surface area contributed by atoms with Crippen LogP contribution in [0.2, 0.25) is 0 Å². The fourth-order valence-electron chi connectivity index (χ4n) is 0.914. The normalized spacial score (nSPS) is 29.5. The van der Waals surface area contributed by atoms with Gasteiger partial charge in [0.1, 0.15) is 0 Å². The molecule has 91 valence electrons. The minimum absolute atomic E-state index is 0. The van der Waals surface area contributed by atoms with Crippen LogP contribution in [0.25, 0.3) is 0 Å². The molecule has 0 saturated carbocycles. The molecule has 0 spiro atoms. The van der Waals surface area contributed by atoms with Crippen LogP contribution >= 0.6 is 0 Å². The maximum atomic E-state index is 11.1. The first-order chi connectivity index (χ1) is 6.88. The average Bonchev–Trinajstić information content (AvgIpc) is 2.21. The van der Waals surface area contributed by atoms with E-state index < -0.39 is 60.1 Å². The van der Waals surface area contributed by atoms with Gasteiger partial charge in [-0.3, -0.25) is 0 Å². The van der Waals surface area contributed by atoms with E-state index in [0.29, 0.717) is 0 Å². The van der Waals surface area contributed by atoms with Crippen LogP contribution in [-0.2, 0) is 20.0 Å². The van der Waals surface area contributed by atoms with Gasteiger partial charge in [0.05, 0.1) is 0 Å². The third-order valence-electron chi connectivity index (χ3n) is 1.69. The maximum Gasteiger partial charge on any atom is -0.369 e. The van der Waals surface area contributed by atoms with Crippen LogP contribution < -0.4 is 11.3 Å². The van der Waals surface area contributed by atoms with Crippen molar-refractivity contribution in [1.29, 1.82) is 0 Å². The Morgan fingerprint density at radius 2 is 2.06 bits per heavy atom. The molecule has 1 aliphatic heterocycles. The molecule has 0 bridgehead atoms. The van der Waals surface area contributed by atoms with Gasteiger partial charge in [-0.1, -0.05) is 0 Å². The smallest absolute Gasteiger partial charge is 0.369 e. The van der Waals surface area contributed by atoms with Crippen molar-refractivity contribution in [1.82, 2.24) is 6.15 Å². The van der Waals surface area contributed by atoms with Crippen LogP contribution in [0.15, 0.2) is 0 Å². The second-order valence-corrected chi connectivity index (χ2v) is 4.74. The Hall–Kier alpha value is -0.827. The van der Waals surface area contributed by atoms with E-state index in [2.05, 4.69) is 5.63 Å². The first-order valence-corrected chi connectivity index (χ1v) is 6.45. The molecule has 6 N–H and O–H groups in total. The van der Waals surface area contributed by atoms with Crippen molar-refractivity contribution in [3.05, 3.63) is 0 Å². The number of aliphatic carboxylic acids is 1. The topological polar surface area (TPSA) is 170 Å². The van der Waals surface area contributed by atoms with Crippen molar-refractivity contribution in [3.63, 3.8) is 0 Å². The molecule has 0 aromatic heterocycles. The minimum Gasteiger partial charge on any atom is -0.369 e. The average molecular weight is 432 g/mol. The van der Waals surface area contributed by atoms with E-state index in [1.807, 2.05) is 0 Å². The van der Waals surface area contributed by atoms with Crippen molar-refractivity contribution in [2.75, 3.05) is 0 Å². The Balaban J connectivity index is 0.00000225. The molecule has 0 aromatic rings. The van der Waals surface area contributed by atoms with E-state index in [4.69, 9.17) is 0 Å². The Kier molecular flexibility index (Phi) is 5.20. The molecule has 0 amide bonds. The number of aliphatic hydroxyl groups excluding tert-OH is 1. The van der Waals surface area contributed by atoms with Crippen LogP contribution in [-0.4, -0.2) is 63.9 Å². The number of quaternary nitrogens is 1. The van der Waals surface area contributed by atoms with Crippen molar-refractivity contribution in [2.45, 2.75) is 18.1 Å². The van der Waals surface area contributed by atoms with Gasteiger partial charge in [0.25, 0.3) is 0 Å². The van der Waals surface area contributed by atoms with E-state index in [1.165, 1.54) is 0 Å². The molecule has 1 saturated heterocycles. The van der Waals surface area contributed by atoms with Crippen LogP contribution in [0.5, 0.6) is 0 Å². The van der Waals surface area contributed by atoms with Gasteiger partial charge < -0.3 is 6.15 Å². The fraction of sp³-hybridized carbons (Fsp3) is 0.500. The summed E-state index contributed by atoms with van der Waals surface area (Å²) < 4.78 is 8.70. The zero-order valence-corrected chi connectivity index (χ0v) is 11.6. The zero-order valence-electron chi connectivity index (χ0n) is 8.08. The molecule has 2 atom stereocenters. The van der Waals surface area contributed by atoms with Gasteiger partial charge in [-0.25, -0.2) is 0 Å². The van der Waals surface area contributed by atoms with E-state index in [-0.39, 0.29) is 6.15 Å². The van der Waals surface area contributed by atoms with Gasteiger partial charge in [-0.05, 0) is 0 Å². The van der Waals surface area contributed by atoms with Gasteiger partial charge >= 0.3 is 95.5 Å². The number of aliphatic hydroxyl groups is 2. The second-order valence-electron chi connectivity index (χ2n) is 2.74. The number of carboxylic acid groups (broad SMARTS) is 1. The molecule has 0 aliphatic carbocycles. The van der Waals surface area contributed by atoms with Crippen molar-refractivity contribution in [2.24, 2.45) is 0 Å². The first-order valence-electron chi connectivity index (χ1n) is 3.61. The summed E-state index contributed by atoms with van der Waals surface area (Å²) in [6.45, 7) is 0. The van der Waals surface area contributed by atoms with E-state index in [9.17, 15) is 29.7 Å². The first kappa shape index (κ1) is 15.2. The van der Waals surface area contributed by atoms with E-state index in [1.54, 1.807) is 0 Å². The molecule has 1 heterocycles. The van der Waals surface area contributed by atoms with Gasteiger partial charge in [-0.15, -0.1) is 0 Å². The van der Waals surface area contributed by atoms with Crippen LogP contribution in [0.3, 0.4) is 0 Å². The molecular formula is C6H9BiNO8. The number of hydrogen-bond donors (Lipinski definition) is 3. The molecule has 16 heavy (non-hydrogen) atoms. The Morgan fingerprint density at radius 3 is 2.56 bits per heavy atom. The zero-order chi connectivity index (χ0) is 11.6. The summed E-state index contributed by atoms with van der Waals surface area (Å²) in [7, 11) is 0. The van der Waals surface area contributed by atoms with Gasteiger partial charge in [0.15, 0.2) is 0 Å². The van der Waals surface area contributed by atoms with E-state index >= 15 is 0 Å². The predicted molar refractivity (Wildman–Crippen MR) is 44.5 cm³/mol. The van der Waals surface area contributed by atoms with Crippen molar-refractivity contribution >= 4 is 42.0 Å². The van der Waals surface area contributed by atoms with Crippen molar-refractivity contribution < 1.29 is 35.3 Å². The number of carbonyl (C=O) groups excluding carboxylic acids is 3. The van der Waals surface area contributed by atoms with Crippen molar-refractivity contribution in [3.8, 4) is 0 Å².